The van der Waals surface area contributed by atoms with Gasteiger partial charge < -0.3 is 29.9 Å². The molecular weight excluding hydrogens is 410 g/mol. The number of methoxy groups -OCH3 is 1. The van der Waals surface area contributed by atoms with Gasteiger partial charge in [0.05, 0.1) is 29.8 Å². The predicted octanol–water partition coefficient (Wildman–Crippen LogP) is 2.85. The van der Waals surface area contributed by atoms with Gasteiger partial charge in [0.2, 0.25) is 0 Å². The molecule has 0 unspecified atom stereocenters. The van der Waals surface area contributed by atoms with Crippen LogP contribution in [0.5, 0.6) is 5.75 Å². The zero-order chi connectivity index (χ0) is 23.1. The van der Waals surface area contributed by atoms with E-state index in [1.807, 2.05) is 6.07 Å². The van der Waals surface area contributed by atoms with Crippen LogP contribution >= 0.6 is 0 Å². The van der Waals surface area contributed by atoms with E-state index in [0.29, 0.717) is 47.6 Å². The SMILES string of the molecule is COCc1nc(/C(N)=C(\COC(=O)N(C)CC2CC2)N(C)N)ccc1OC1CCCCC1. The minimum Gasteiger partial charge on any atom is -0.488 e. The van der Waals surface area contributed by atoms with Gasteiger partial charge in [-0.3, -0.25) is 0 Å². The van der Waals surface area contributed by atoms with Crippen molar-refractivity contribution < 1.29 is 19.0 Å². The molecule has 0 saturated heterocycles. The Hall–Kier alpha value is -2.52. The molecule has 1 heterocycles. The summed E-state index contributed by atoms with van der Waals surface area (Å²) in [7, 11) is 5.01. The molecule has 2 aliphatic carbocycles. The third-order valence-corrected chi connectivity index (χ3v) is 5.94. The van der Waals surface area contributed by atoms with Gasteiger partial charge in [0.25, 0.3) is 0 Å². The quantitative estimate of drug-likeness (QED) is 0.415. The van der Waals surface area contributed by atoms with Crippen LogP contribution in [0.4, 0.5) is 4.79 Å². The average Bonchev–Trinajstić information content (AvgIpc) is 3.59. The first-order valence-electron chi connectivity index (χ1n) is 11.4. The van der Waals surface area contributed by atoms with Gasteiger partial charge in [0.15, 0.2) is 0 Å². The van der Waals surface area contributed by atoms with E-state index in [9.17, 15) is 4.79 Å². The van der Waals surface area contributed by atoms with Gasteiger partial charge >= 0.3 is 6.09 Å². The molecule has 32 heavy (non-hydrogen) atoms. The maximum Gasteiger partial charge on any atom is 0.409 e. The van der Waals surface area contributed by atoms with Gasteiger partial charge in [0, 0.05) is 27.7 Å². The molecule has 9 nitrogen and oxygen atoms in total. The van der Waals surface area contributed by atoms with Gasteiger partial charge in [0.1, 0.15) is 18.1 Å². The molecule has 9 heteroatoms. The van der Waals surface area contributed by atoms with Crippen LogP contribution in [0.25, 0.3) is 5.70 Å². The summed E-state index contributed by atoms with van der Waals surface area (Å²) >= 11 is 0. The first kappa shape index (κ1) is 24.1. The Bertz CT molecular complexity index is 804. The molecule has 0 aromatic carbocycles. The third-order valence-electron chi connectivity index (χ3n) is 5.94. The van der Waals surface area contributed by atoms with Crippen molar-refractivity contribution in [1.82, 2.24) is 14.9 Å². The van der Waals surface area contributed by atoms with Crippen molar-refractivity contribution in [3.05, 3.63) is 29.2 Å². The van der Waals surface area contributed by atoms with Crippen LogP contribution < -0.4 is 16.3 Å². The number of carbonyl (C=O) groups excluding carboxylic acids is 1. The summed E-state index contributed by atoms with van der Waals surface area (Å²) in [6, 6.07) is 3.68. The van der Waals surface area contributed by atoms with E-state index >= 15 is 0 Å². The lowest BCUT2D eigenvalue weighted by atomic mass is 9.98. The van der Waals surface area contributed by atoms with E-state index in [0.717, 1.165) is 25.7 Å². The van der Waals surface area contributed by atoms with Crippen LogP contribution in [0.1, 0.15) is 56.3 Å². The second-order valence-electron chi connectivity index (χ2n) is 8.80. The minimum absolute atomic E-state index is 0.0473. The van der Waals surface area contributed by atoms with Crippen LogP contribution in [0, 0.1) is 5.92 Å². The summed E-state index contributed by atoms with van der Waals surface area (Å²) < 4.78 is 17.0. The number of likely N-dealkylation sites (N-methyl/N-ethyl adjacent to an activating group) is 1. The standard InChI is InChI=1S/C23H37N5O4/c1-27(13-16-9-10-16)23(29)31-15-20(28(2)25)22(24)18-11-12-21(19(26-18)14-30-3)32-17-7-5-4-6-8-17/h11-12,16-17H,4-10,13-15,24-25H2,1-3H3/b22-20-. The second-order valence-corrected chi connectivity index (χ2v) is 8.80. The molecule has 1 aromatic rings. The average molecular weight is 448 g/mol. The Labute approximate surface area is 190 Å². The molecule has 2 saturated carbocycles. The zero-order valence-corrected chi connectivity index (χ0v) is 19.5. The Balaban J connectivity index is 1.73. The number of hydrazine groups is 1. The highest BCUT2D eigenvalue weighted by Gasteiger charge is 2.26. The fourth-order valence-electron chi connectivity index (χ4n) is 3.87. The van der Waals surface area contributed by atoms with Gasteiger partial charge in [-0.25, -0.2) is 15.6 Å². The minimum atomic E-state index is -0.395. The highest BCUT2D eigenvalue weighted by Crippen LogP contribution is 2.30. The predicted molar refractivity (Wildman–Crippen MR) is 122 cm³/mol. The lowest BCUT2D eigenvalue weighted by Crippen LogP contribution is -2.34. The number of nitrogens with zero attached hydrogens (tertiary/aromatic N) is 3. The summed E-state index contributed by atoms with van der Waals surface area (Å²) in [4.78, 5) is 18.6. The number of pyridine rings is 1. The monoisotopic (exact) mass is 447 g/mol. The number of hydrogen-bond acceptors (Lipinski definition) is 8. The Morgan fingerprint density at radius 1 is 1.16 bits per heavy atom. The largest absolute Gasteiger partial charge is 0.488 e. The molecule has 178 valence electrons. The van der Waals surface area contributed by atoms with Crippen LogP contribution in [0.15, 0.2) is 17.8 Å². The van der Waals surface area contributed by atoms with Gasteiger partial charge in [-0.05, 0) is 56.6 Å². The number of hydrogen-bond donors (Lipinski definition) is 2. The molecule has 3 rings (SSSR count). The van der Waals surface area contributed by atoms with Crippen molar-refractivity contribution >= 4 is 11.8 Å². The highest BCUT2D eigenvalue weighted by molar-refractivity contribution is 5.68. The van der Waals surface area contributed by atoms with E-state index in [2.05, 4.69) is 4.98 Å². The van der Waals surface area contributed by atoms with Gasteiger partial charge in [-0.15, -0.1) is 0 Å². The molecule has 1 aromatic heterocycles. The second kappa shape index (κ2) is 11.4. The molecular formula is C23H37N5O4. The number of carbonyl (C=O) groups is 1. The molecule has 0 radical (unpaired) electrons. The lowest BCUT2D eigenvalue weighted by Gasteiger charge is -2.24. The van der Waals surface area contributed by atoms with Crippen LogP contribution in [0.2, 0.25) is 0 Å². The molecule has 4 N–H and O–H groups in total. The lowest BCUT2D eigenvalue weighted by molar-refractivity contribution is 0.112. The van der Waals surface area contributed by atoms with E-state index in [-0.39, 0.29) is 12.7 Å². The van der Waals surface area contributed by atoms with Crippen LogP contribution in [0.3, 0.4) is 0 Å². The summed E-state index contributed by atoms with van der Waals surface area (Å²) in [5, 5.41) is 1.35. The molecule has 0 bridgehead atoms. The molecule has 0 spiro atoms. The van der Waals surface area contributed by atoms with E-state index < -0.39 is 6.09 Å². The van der Waals surface area contributed by atoms with Crippen molar-refractivity contribution in [2.24, 2.45) is 17.5 Å². The number of ether oxygens (including phenoxy) is 3. The van der Waals surface area contributed by atoms with Crippen LogP contribution in [-0.4, -0.2) is 61.4 Å². The molecule has 0 atom stereocenters. The highest BCUT2D eigenvalue weighted by atomic mass is 16.6. The first-order valence-corrected chi connectivity index (χ1v) is 11.4. The molecule has 0 aliphatic heterocycles. The van der Waals surface area contributed by atoms with E-state index in [1.54, 1.807) is 32.2 Å². The van der Waals surface area contributed by atoms with E-state index in [1.165, 1.54) is 24.3 Å². The topological polar surface area (TPSA) is 116 Å². The maximum atomic E-state index is 12.3. The number of amides is 1. The number of rotatable bonds is 10. The fourth-order valence-corrected chi connectivity index (χ4v) is 3.87. The maximum absolute atomic E-state index is 12.3. The van der Waals surface area contributed by atoms with Crippen molar-refractivity contribution in [1.29, 1.82) is 0 Å². The number of nitrogens with two attached hydrogens (primary N) is 2. The van der Waals surface area contributed by atoms with Gasteiger partial charge in [-0.1, -0.05) is 6.42 Å². The summed E-state index contributed by atoms with van der Waals surface area (Å²) in [5.74, 6) is 7.29. The molecule has 1 amide bonds. The molecule has 2 fully saturated rings. The Kier molecular flexibility index (Phi) is 8.58. The van der Waals surface area contributed by atoms with E-state index in [4.69, 9.17) is 25.8 Å². The van der Waals surface area contributed by atoms with Gasteiger partial charge in [-0.2, -0.15) is 0 Å². The van der Waals surface area contributed by atoms with Crippen molar-refractivity contribution in [3.63, 3.8) is 0 Å². The Morgan fingerprint density at radius 2 is 1.88 bits per heavy atom. The first-order chi connectivity index (χ1) is 15.4. The van der Waals surface area contributed by atoms with Crippen LogP contribution in [-0.2, 0) is 16.1 Å². The van der Waals surface area contributed by atoms with Crippen molar-refractivity contribution in [2.45, 2.75) is 57.7 Å². The van der Waals surface area contributed by atoms with Crippen molar-refractivity contribution in [2.75, 3.05) is 34.4 Å². The summed E-state index contributed by atoms with van der Waals surface area (Å²) in [6.07, 6.45) is 7.88. The van der Waals surface area contributed by atoms with Crippen molar-refractivity contribution in [3.8, 4) is 5.75 Å². The number of aromatic nitrogens is 1. The third kappa shape index (κ3) is 6.74. The Morgan fingerprint density at radius 3 is 2.50 bits per heavy atom. The zero-order valence-electron chi connectivity index (χ0n) is 19.5. The normalized spacial score (nSPS) is 17.5. The summed E-state index contributed by atoms with van der Waals surface area (Å²) in [6.45, 7) is 0.961. The fraction of sp³-hybridized carbons (Fsp3) is 0.652. The smallest absolute Gasteiger partial charge is 0.409 e. The molecule has 2 aliphatic rings. The summed E-state index contributed by atoms with van der Waals surface area (Å²) in [5.41, 5.74) is 8.42.